The average Bonchev–Trinajstić information content (AvgIpc) is 2.72. The van der Waals surface area contributed by atoms with Gasteiger partial charge in [-0.1, -0.05) is 28.1 Å². The molecule has 0 aliphatic carbocycles. The van der Waals surface area contributed by atoms with Crippen LogP contribution in [0.25, 0.3) is 11.3 Å². The highest BCUT2D eigenvalue weighted by Crippen LogP contribution is 2.29. The lowest BCUT2D eigenvalue weighted by atomic mass is 10.0. The monoisotopic (exact) mass is 291 g/mol. The molecule has 1 N–H and O–H groups in total. The van der Waals surface area contributed by atoms with Crippen molar-refractivity contribution in [3.05, 3.63) is 46.1 Å². The smallest absolute Gasteiger partial charge is 0.134 e. The fourth-order valence-corrected chi connectivity index (χ4v) is 2.44. The lowest BCUT2D eigenvalue weighted by molar-refractivity contribution is 0.430. The SMILES string of the molecule is CC1Cc2oc(-c3ccc(Br)cc3)cc2CN1. The molecule has 0 radical (unpaired) electrons. The predicted octanol–water partition coefficient (Wildman–Crippen LogP) is 3.74. The zero-order valence-electron chi connectivity index (χ0n) is 9.66. The van der Waals surface area contributed by atoms with Crippen molar-refractivity contribution in [2.24, 2.45) is 0 Å². The molecule has 1 unspecified atom stereocenters. The molecule has 2 aromatic rings. The Morgan fingerprint density at radius 1 is 1.29 bits per heavy atom. The lowest BCUT2D eigenvalue weighted by Gasteiger charge is -2.18. The van der Waals surface area contributed by atoms with Crippen molar-refractivity contribution in [3.63, 3.8) is 0 Å². The van der Waals surface area contributed by atoms with Crippen molar-refractivity contribution in [1.82, 2.24) is 5.32 Å². The first-order valence-electron chi connectivity index (χ1n) is 5.83. The minimum Gasteiger partial charge on any atom is -0.461 e. The van der Waals surface area contributed by atoms with Gasteiger partial charge in [-0.15, -0.1) is 0 Å². The third-order valence-corrected chi connectivity index (χ3v) is 3.69. The van der Waals surface area contributed by atoms with Crippen LogP contribution in [0, 0.1) is 0 Å². The van der Waals surface area contributed by atoms with Crippen molar-refractivity contribution < 1.29 is 4.42 Å². The summed E-state index contributed by atoms with van der Waals surface area (Å²) in [4.78, 5) is 0. The molecule has 2 heterocycles. The highest BCUT2D eigenvalue weighted by atomic mass is 79.9. The molecule has 1 aromatic heterocycles. The van der Waals surface area contributed by atoms with Gasteiger partial charge in [-0.25, -0.2) is 0 Å². The van der Waals surface area contributed by atoms with Crippen LogP contribution < -0.4 is 5.32 Å². The number of hydrogen-bond donors (Lipinski definition) is 1. The Balaban J connectivity index is 1.97. The van der Waals surface area contributed by atoms with E-state index in [1.165, 1.54) is 5.56 Å². The number of benzene rings is 1. The van der Waals surface area contributed by atoms with Crippen LogP contribution in [0.5, 0.6) is 0 Å². The molecule has 0 saturated heterocycles. The van der Waals surface area contributed by atoms with Gasteiger partial charge in [-0.2, -0.15) is 0 Å². The van der Waals surface area contributed by atoms with E-state index < -0.39 is 0 Å². The predicted molar refractivity (Wildman–Crippen MR) is 71.8 cm³/mol. The maximum absolute atomic E-state index is 5.95. The number of hydrogen-bond acceptors (Lipinski definition) is 2. The van der Waals surface area contributed by atoms with E-state index in [-0.39, 0.29) is 0 Å². The summed E-state index contributed by atoms with van der Waals surface area (Å²) in [6.45, 7) is 3.10. The summed E-state index contributed by atoms with van der Waals surface area (Å²) in [6, 6.07) is 10.9. The molecule has 3 heteroatoms. The maximum Gasteiger partial charge on any atom is 0.134 e. The van der Waals surface area contributed by atoms with Crippen LogP contribution >= 0.6 is 15.9 Å². The minimum atomic E-state index is 0.506. The van der Waals surface area contributed by atoms with Crippen LogP contribution in [-0.2, 0) is 13.0 Å². The first kappa shape index (κ1) is 11.1. The molecular formula is C14H14BrNO. The summed E-state index contributed by atoms with van der Waals surface area (Å²) < 4.78 is 7.04. The van der Waals surface area contributed by atoms with Crippen molar-refractivity contribution in [3.8, 4) is 11.3 Å². The Morgan fingerprint density at radius 2 is 2.06 bits per heavy atom. The molecule has 3 rings (SSSR count). The van der Waals surface area contributed by atoms with Crippen LogP contribution in [0.3, 0.4) is 0 Å². The van der Waals surface area contributed by atoms with Gasteiger partial charge in [0.15, 0.2) is 0 Å². The van der Waals surface area contributed by atoms with Gasteiger partial charge in [0.2, 0.25) is 0 Å². The Labute approximate surface area is 109 Å². The first-order chi connectivity index (χ1) is 8.22. The van der Waals surface area contributed by atoms with Crippen LogP contribution in [0.4, 0.5) is 0 Å². The third kappa shape index (κ3) is 2.17. The van der Waals surface area contributed by atoms with Gasteiger partial charge in [0.05, 0.1) is 0 Å². The maximum atomic E-state index is 5.95. The number of fused-ring (bicyclic) bond motifs is 1. The summed E-state index contributed by atoms with van der Waals surface area (Å²) in [5.74, 6) is 2.10. The molecule has 88 valence electrons. The number of nitrogens with one attached hydrogen (secondary N) is 1. The van der Waals surface area contributed by atoms with E-state index in [2.05, 4.69) is 46.4 Å². The highest BCUT2D eigenvalue weighted by Gasteiger charge is 2.19. The van der Waals surface area contributed by atoms with Gasteiger partial charge < -0.3 is 9.73 Å². The van der Waals surface area contributed by atoms with Gasteiger partial charge in [0.25, 0.3) is 0 Å². The molecule has 2 nitrogen and oxygen atoms in total. The van der Waals surface area contributed by atoms with Gasteiger partial charge in [0, 0.05) is 34.6 Å². The van der Waals surface area contributed by atoms with Crippen LogP contribution in [-0.4, -0.2) is 6.04 Å². The molecule has 0 amide bonds. The molecule has 17 heavy (non-hydrogen) atoms. The van der Waals surface area contributed by atoms with E-state index in [0.29, 0.717) is 6.04 Å². The molecular weight excluding hydrogens is 278 g/mol. The minimum absolute atomic E-state index is 0.506. The molecule has 1 atom stereocenters. The summed E-state index contributed by atoms with van der Waals surface area (Å²) in [5.41, 5.74) is 2.43. The fraction of sp³-hybridized carbons (Fsp3) is 0.286. The van der Waals surface area contributed by atoms with Crippen molar-refractivity contribution in [1.29, 1.82) is 0 Å². The zero-order chi connectivity index (χ0) is 11.8. The largest absolute Gasteiger partial charge is 0.461 e. The first-order valence-corrected chi connectivity index (χ1v) is 6.62. The molecule has 0 bridgehead atoms. The van der Waals surface area contributed by atoms with Gasteiger partial charge >= 0.3 is 0 Å². The molecule has 1 aliphatic rings. The van der Waals surface area contributed by atoms with Crippen LogP contribution in [0.1, 0.15) is 18.2 Å². The Morgan fingerprint density at radius 3 is 2.82 bits per heavy atom. The van der Waals surface area contributed by atoms with Gasteiger partial charge in [-0.3, -0.25) is 0 Å². The zero-order valence-corrected chi connectivity index (χ0v) is 11.3. The molecule has 0 fully saturated rings. The molecule has 0 saturated carbocycles. The van der Waals surface area contributed by atoms with Gasteiger partial charge in [0.1, 0.15) is 11.5 Å². The van der Waals surface area contributed by atoms with Crippen molar-refractivity contribution in [2.75, 3.05) is 0 Å². The third-order valence-electron chi connectivity index (χ3n) is 3.16. The second kappa shape index (κ2) is 4.31. The van der Waals surface area contributed by atoms with E-state index in [1.54, 1.807) is 0 Å². The highest BCUT2D eigenvalue weighted by molar-refractivity contribution is 9.10. The van der Waals surface area contributed by atoms with E-state index >= 15 is 0 Å². The second-order valence-electron chi connectivity index (χ2n) is 4.55. The van der Waals surface area contributed by atoms with Crippen molar-refractivity contribution in [2.45, 2.75) is 25.9 Å². The fourth-order valence-electron chi connectivity index (χ4n) is 2.18. The summed E-state index contributed by atoms with van der Waals surface area (Å²) in [6.07, 6.45) is 0.978. The Kier molecular flexibility index (Phi) is 2.81. The topological polar surface area (TPSA) is 25.2 Å². The molecule has 1 aromatic carbocycles. The van der Waals surface area contributed by atoms with E-state index in [4.69, 9.17) is 4.42 Å². The Bertz CT molecular complexity index is 530. The second-order valence-corrected chi connectivity index (χ2v) is 5.47. The summed E-state index contributed by atoms with van der Waals surface area (Å²) >= 11 is 3.44. The number of rotatable bonds is 1. The normalized spacial score (nSPS) is 19.1. The van der Waals surface area contributed by atoms with Crippen molar-refractivity contribution >= 4 is 15.9 Å². The standard InChI is InChI=1S/C14H14BrNO/c1-9-6-13-11(8-16-9)7-14(17-13)10-2-4-12(15)5-3-10/h2-5,7,9,16H,6,8H2,1H3. The Hall–Kier alpha value is -1.06. The van der Waals surface area contributed by atoms with Crippen LogP contribution in [0.15, 0.2) is 39.2 Å². The number of furan rings is 1. The lowest BCUT2D eigenvalue weighted by Crippen LogP contribution is -2.31. The molecule has 0 spiro atoms. The summed E-state index contributed by atoms with van der Waals surface area (Å²) in [5, 5.41) is 3.44. The van der Waals surface area contributed by atoms with Gasteiger partial charge in [-0.05, 0) is 25.1 Å². The van der Waals surface area contributed by atoms with E-state index in [9.17, 15) is 0 Å². The quantitative estimate of drug-likeness (QED) is 0.866. The van der Waals surface area contributed by atoms with E-state index in [1.807, 2.05) is 12.1 Å². The van der Waals surface area contributed by atoms with E-state index in [0.717, 1.165) is 34.5 Å². The van der Waals surface area contributed by atoms with Crippen LogP contribution in [0.2, 0.25) is 0 Å². The number of halogens is 1. The molecule has 1 aliphatic heterocycles. The average molecular weight is 292 g/mol. The summed E-state index contributed by atoms with van der Waals surface area (Å²) in [7, 11) is 0.